The van der Waals surface area contributed by atoms with Crippen LogP contribution in [0.5, 0.6) is 0 Å². The lowest BCUT2D eigenvalue weighted by molar-refractivity contribution is -0.384. The van der Waals surface area contributed by atoms with Crippen molar-refractivity contribution in [3.8, 4) is 0 Å². The highest BCUT2D eigenvalue weighted by Crippen LogP contribution is 2.28. The van der Waals surface area contributed by atoms with Crippen LogP contribution in [-0.4, -0.2) is 40.8 Å². The molecule has 2 heterocycles. The van der Waals surface area contributed by atoms with E-state index in [0.29, 0.717) is 11.6 Å². The Balaban J connectivity index is 2.30. The van der Waals surface area contributed by atoms with Gasteiger partial charge < -0.3 is 15.3 Å². The van der Waals surface area contributed by atoms with Crippen molar-refractivity contribution in [2.24, 2.45) is 0 Å². The first-order chi connectivity index (χ1) is 9.65. The molecule has 1 fully saturated rings. The van der Waals surface area contributed by atoms with Gasteiger partial charge in [0.1, 0.15) is 11.6 Å². The van der Waals surface area contributed by atoms with E-state index in [1.54, 1.807) is 0 Å². The van der Waals surface area contributed by atoms with Crippen LogP contribution < -0.4 is 10.2 Å². The van der Waals surface area contributed by atoms with E-state index in [4.69, 9.17) is 0 Å². The predicted molar refractivity (Wildman–Crippen MR) is 77.1 cm³/mol. The van der Waals surface area contributed by atoms with Crippen LogP contribution in [0.2, 0.25) is 0 Å². The van der Waals surface area contributed by atoms with Crippen molar-refractivity contribution in [1.29, 1.82) is 0 Å². The highest BCUT2D eigenvalue weighted by molar-refractivity contribution is 5.56. The zero-order valence-corrected chi connectivity index (χ0v) is 11.6. The molecular weight excluding hydrogens is 260 g/mol. The van der Waals surface area contributed by atoms with Gasteiger partial charge in [0.25, 0.3) is 5.69 Å². The molecule has 20 heavy (non-hydrogen) atoms. The number of aliphatic hydroxyl groups excluding tert-OH is 1. The van der Waals surface area contributed by atoms with Gasteiger partial charge in [0, 0.05) is 13.1 Å². The Morgan fingerprint density at radius 1 is 1.60 bits per heavy atom. The number of rotatable bonds is 6. The fourth-order valence-electron chi connectivity index (χ4n) is 2.43. The fraction of sp³-hybridized carbons (Fsp3) is 0.615. The van der Waals surface area contributed by atoms with Crippen LogP contribution in [0.3, 0.4) is 0 Å². The minimum atomic E-state index is -0.410. The Hall–Kier alpha value is -1.89. The summed E-state index contributed by atoms with van der Waals surface area (Å²) in [7, 11) is 0. The third-order valence-corrected chi connectivity index (χ3v) is 3.45. The van der Waals surface area contributed by atoms with Crippen molar-refractivity contribution in [3.05, 3.63) is 22.2 Å². The van der Waals surface area contributed by atoms with Crippen molar-refractivity contribution >= 4 is 17.3 Å². The number of nitrogens with one attached hydrogen (secondary N) is 1. The second-order valence-corrected chi connectivity index (χ2v) is 4.92. The number of aromatic nitrogens is 1. The maximum Gasteiger partial charge on any atom is 0.276 e. The maximum atomic E-state index is 11.0. The van der Waals surface area contributed by atoms with Crippen LogP contribution in [-0.2, 0) is 0 Å². The van der Waals surface area contributed by atoms with Crippen molar-refractivity contribution in [2.75, 3.05) is 29.9 Å². The quantitative estimate of drug-likeness (QED) is 0.609. The van der Waals surface area contributed by atoms with Crippen molar-refractivity contribution in [3.63, 3.8) is 0 Å². The number of anilines is 2. The molecule has 0 amide bonds. The molecular formula is C13H20N4O3. The summed E-state index contributed by atoms with van der Waals surface area (Å²) in [5, 5.41) is 23.5. The lowest BCUT2D eigenvalue weighted by Gasteiger charge is -2.24. The second-order valence-electron chi connectivity index (χ2n) is 4.92. The summed E-state index contributed by atoms with van der Waals surface area (Å²) in [5.41, 5.74) is 0.0252. The molecule has 0 bridgehead atoms. The topological polar surface area (TPSA) is 91.5 Å². The highest BCUT2D eigenvalue weighted by atomic mass is 16.6. The molecule has 7 heteroatoms. The van der Waals surface area contributed by atoms with E-state index < -0.39 is 4.92 Å². The van der Waals surface area contributed by atoms with Gasteiger partial charge in [0.05, 0.1) is 29.7 Å². The molecule has 0 saturated carbocycles. The zero-order valence-electron chi connectivity index (χ0n) is 11.6. The third-order valence-electron chi connectivity index (χ3n) is 3.45. The first-order valence-corrected chi connectivity index (χ1v) is 6.93. The largest absolute Gasteiger partial charge is 0.394 e. The van der Waals surface area contributed by atoms with E-state index in [0.717, 1.165) is 32.4 Å². The highest BCUT2D eigenvalue weighted by Gasteiger charge is 2.26. The van der Waals surface area contributed by atoms with E-state index in [2.05, 4.69) is 10.3 Å². The van der Waals surface area contributed by atoms with Crippen molar-refractivity contribution in [1.82, 2.24) is 4.98 Å². The summed E-state index contributed by atoms with van der Waals surface area (Å²) in [4.78, 5) is 17.0. The number of nitrogens with zero attached hydrogens (tertiary/aromatic N) is 3. The molecule has 1 saturated heterocycles. The summed E-state index contributed by atoms with van der Waals surface area (Å²) in [6.07, 6.45) is 2.77. The average Bonchev–Trinajstić information content (AvgIpc) is 2.93. The normalized spacial score (nSPS) is 18.3. The second kappa shape index (κ2) is 6.51. The van der Waals surface area contributed by atoms with Crippen molar-refractivity contribution in [2.45, 2.75) is 32.2 Å². The number of hydrogen-bond acceptors (Lipinski definition) is 6. The molecule has 110 valence electrons. The number of pyridine rings is 1. The number of aliphatic hydroxyl groups is 1. The van der Waals surface area contributed by atoms with Crippen LogP contribution in [0.4, 0.5) is 17.3 Å². The Morgan fingerprint density at radius 3 is 3.05 bits per heavy atom. The molecule has 1 atom stereocenters. The van der Waals surface area contributed by atoms with Crippen molar-refractivity contribution < 1.29 is 10.0 Å². The van der Waals surface area contributed by atoms with E-state index >= 15 is 0 Å². The third kappa shape index (κ3) is 3.16. The van der Waals surface area contributed by atoms with Gasteiger partial charge in [-0.25, -0.2) is 4.98 Å². The first-order valence-electron chi connectivity index (χ1n) is 6.93. The lowest BCUT2D eigenvalue weighted by atomic mass is 10.2. The van der Waals surface area contributed by atoms with Crippen LogP contribution in [0.25, 0.3) is 0 Å². The molecule has 2 N–H and O–H groups in total. The van der Waals surface area contributed by atoms with Gasteiger partial charge in [-0.1, -0.05) is 6.92 Å². The summed E-state index contributed by atoms with van der Waals surface area (Å²) < 4.78 is 0. The Bertz CT molecular complexity index is 481. The molecule has 1 unspecified atom stereocenters. The van der Waals surface area contributed by atoms with Gasteiger partial charge in [0.2, 0.25) is 0 Å². The number of nitro groups is 1. The minimum absolute atomic E-state index is 0.00327. The zero-order chi connectivity index (χ0) is 14.5. The molecule has 7 nitrogen and oxygen atoms in total. The molecule has 0 radical (unpaired) electrons. The van der Waals surface area contributed by atoms with E-state index in [1.165, 1.54) is 12.1 Å². The van der Waals surface area contributed by atoms with E-state index in [1.807, 2.05) is 11.8 Å². The minimum Gasteiger partial charge on any atom is -0.394 e. The van der Waals surface area contributed by atoms with Gasteiger partial charge in [-0.05, 0) is 19.3 Å². The molecule has 1 aliphatic rings. The fourth-order valence-corrected chi connectivity index (χ4v) is 2.43. The Morgan fingerprint density at radius 2 is 2.40 bits per heavy atom. The van der Waals surface area contributed by atoms with Gasteiger partial charge >= 0.3 is 0 Å². The standard InChI is InChI=1S/C13H20N4O3/c1-2-5-14-12-7-11(17(19)20)8-13(15-12)16-6-3-4-10(16)9-18/h7-8,10,18H,2-6,9H2,1H3,(H,14,15). The molecule has 1 aromatic heterocycles. The van der Waals surface area contributed by atoms with Gasteiger partial charge in [-0.2, -0.15) is 0 Å². The summed E-state index contributed by atoms with van der Waals surface area (Å²) >= 11 is 0. The summed E-state index contributed by atoms with van der Waals surface area (Å²) in [6.45, 7) is 3.55. The maximum absolute atomic E-state index is 11.0. The number of hydrogen-bond donors (Lipinski definition) is 2. The SMILES string of the molecule is CCCNc1cc([N+](=O)[O-])cc(N2CCCC2CO)n1. The molecule has 0 aliphatic carbocycles. The smallest absolute Gasteiger partial charge is 0.276 e. The van der Waals surface area contributed by atoms with Crippen LogP contribution in [0.1, 0.15) is 26.2 Å². The summed E-state index contributed by atoms with van der Waals surface area (Å²) in [6, 6.07) is 2.93. The van der Waals surface area contributed by atoms with E-state index in [9.17, 15) is 15.2 Å². The van der Waals surface area contributed by atoms with Gasteiger partial charge in [0.15, 0.2) is 0 Å². The molecule has 1 aliphatic heterocycles. The lowest BCUT2D eigenvalue weighted by Crippen LogP contribution is -2.32. The molecule has 0 aromatic carbocycles. The molecule has 2 rings (SSSR count). The molecule has 0 spiro atoms. The summed E-state index contributed by atoms with van der Waals surface area (Å²) in [5.74, 6) is 1.08. The van der Waals surface area contributed by atoms with Crippen LogP contribution >= 0.6 is 0 Å². The Labute approximate surface area is 117 Å². The van der Waals surface area contributed by atoms with E-state index in [-0.39, 0.29) is 18.3 Å². The monoisotopic (exact) mass is 280 g/mol. The molecule has 1 aromatic rings. The first kappa shape index (κ1) is 14.5. The van der Waals surface area contributed by atoms with Crippen LogP contribution in [0.15, 0.2) is 12.1 Å². The van der Waals surface area contributed by atoms with Gasteiger partial charge in [-0.15, -0.1) is 0 Å². The predicted octanol–water partition coefficient (Wildman–Crippen LogP) is 1.77. The Kier molecular flexibility index (Phi) is 4.73. The average molecular weight is 280 g/mol. The van der Waals surface area contributed by atoms with Gasteiger partial charge in [-0.3, -0.25) is 10.1 Å². The van der Waals surface area contributed by atoms with Crippen LogP contribution in [0, 0.1) is 10.1 Å².